The van der Waals surface area contributed by atoms with Crippen LogP contribution in [0.3, 0.4) is 0 Å². The summed E-state index contributed by atoms with van der Waals surface area (Å²) in [5.74, 6) is 0. The van der Waals surface area contributed by atoms with Crippen molar-refractivity contribution in [3.05, 3.63) is 41.0 Å². The zero-order valence-corrected chi connectivity index (χ0v) is 14.9. The van der Waals surface area contributed by atoms with Crippen molar-refractivity contribution in [1.29, 1.82) is 0 Å². The maximum Gasteiger partial charge on any atom is 4.00 e. The Morgan fingerprint density at radius 1 is 0.857 bits per heavy atom. The number of rotatable bonds is 0. The molecule has 21 heavy (non-hydrogen) atoms. The van der Waals surface area contributed by atoms with Crippen LogP contribution in [0.15, 0.2) is 24.3 Å². The average Bonchev–Trinajstić information content (AvgIpc) is 2.87. The van der Waals surface area contributed by atoms with Gasteiger partial charge in [0.05, 0.1) is 0 Å². The molecule has 2 aromatic rings. The first-order valence-corrected chi connectivity index (χ1v) is 6.76. The van der Waals surface area contributed by atoms with Gasteiger partial charge in [-0.15, -0.1) is 45.7 Å². The van der Waals surface area contributed by atoms with E-state index in [2.05, 4.69) is 31.2 Å². The van der Waals surface area contributed by atoms with Crippen molar-refractivity contribution >= 4 is 10.8 Å². The molecule has 0 radical (unpaired) electrons. The summed E-state index contributed by atoms with van der Waals surface area (Å²) in [7, 11) is 2.25. The van der Waals surface area contributed by atoms with Crippen LogP contribution in [0, 0.1) is 6.92 Å². The van der Waals surface area contributed by atoms with E-state index in [1.165, 1.54) is 42.0 Å². The van der Waals surface area contributed by atoms with Gasteiger partial charge in [0.2, 0.25) is 0 Å². The smallest absolute Gasteiger partial charge is 0.857 e. The normalized spacial score (nSPS) is 11.4. The van der Waals surface area contributed by atoms with Crippen LogP contribution < -0.4 is 15.3 Å². The second kappa shape index (κ2) is 13.1. The molecular weight excluding hydrogens is 300 g/mol. The van der Waals surface area contributed by atoms with Crippen LogP contribution in [0.25, 0.3) is 10.8 Å². The van der Waals surface area contributed by atoms with Gasteiger partial charge in [-0.2, -0.15) is 21.3 Å². The Labute approximate surface area is 142 Å². The molecular formula is C17H24O3Ti. The molecule has 0 amide bonds. The molecule has 0 N–H and O–H groups in total. The summed E-state index contributed by atoms with van der Waals surface area (Å²) in [4.78, 5) is 0. The molecule has 1 aliphatic carbocycles. The van der Waals surface area contributed by atoms with Crippen molar-refractivity contribution in [3.63, 3.8) is 0 Å². The Kier molecular flexibility index (Phi) is 14.2. The molecule has 0 heterocycles. The van der Waals surface area contributed by atoms with Gasteiger partial charge in [0, 0.05) is 0 Å². The molecule has 3 rings (SSSR count). The Bertz CT molecular complexity index is 492. The fraction of sp³-hybridized carbons (Fsp3) is 0.471. The molecule has 0 unspecified atom stereocenters. The monoisotopic (exact) mass is 324 g/mol. The molecule has 0 saturated carbocycles. The quantitative estimate of drug-likeness (QED) is 0.528. The Hall–Kier alpha value is -0.576. The van der Waals surface area contributed by atoms with Crippen LogP contribution in [0.2, 0.25) is 0 Å². The largest absolute Gasteiger partial charge is 4.00 e. The van der Waals surface area contributed by atoms with E-state index in [1.807, 2.05) is 0 Å². The molecule has 3 nitrogen and oxygen atoms in total. The summed E-state index contributed by atoms with van der Waals surface area (Å²) in [5, 5.41) is 27.7. The zero-order valence-electron chi connectivity index (χ0n) is 13.4. The minimum absolute atomic E-state index is 0. The minimum Gasteiger partial charge on any atom is -0.857 e. The molecule has 0 aromatic heterocycles. The fourth-order valence-corrected chi connectivity index (χ4v) is 2.85. The van der Waals surface area contributed by atoms with Crippen molar-refractivity contribution in [1.82, 2.24) is 0 Å². The van der Waals surface area contributed by atoms with Gasteiger partial charge in [-0.25, -0.2) is 0 Å². The second-order valence-electron chi connectivity index (χ2n) is 4.33. The summed E-state index contributed by atoms with van der Waals surface area (Å²) < 4.78 is 0. The van der Waals surface area contributed by atoms with Gasteiger partial charge in [-0.1, -0.05) is 32.3 Å². The molecule has 0 bridgehead atoms. The number of hydrogen-bond donors (Lipinski definition) is 0. The third kappa shape index (κ3) is 5.28. The predicted octanol–water partition coefficient (Wildman–Crippen LogP) is 0.673. The van der Waals surface area contributed by atoms with Crippen LogP contribution >= 0.6 is 0 Å². The first-order chi connectivity index (χ1) is 9.88. The molecule has 2 aromatic carbocycles. The Morgan fingerprint density at radius 3 is 2.00 bits per heavy atom. The van der Waals surface area contributed by atoms with Crippen LogP contribution in [0.5, 0.6) is 0 Å². The van der Waals surface area contributed by atoms with Crippen molar-refractivity contribution in [2.75, 3.05) is 21.3 Å². The first kappa shape index (κ1) is 22.7. The van der Waals surface area contributed by atoms with Crippen molar-refractivity contribution in [3.8, 4) is 0 Å². The molecule has 0 aliphatic heterocycles. The number of hydrogen-bond acceptors (Lipinski definition) is 3. The standard InChI is InChI=1S/C14H15.3CH3O.Ti/c1-10-11-6-2-4-8-13(11)14-9-5-3-7-12(10)14;3*1-2;/h2,4,6,8H,3,5,7,9H2,1H3;3*1H3;/q4*-1;+4. The van der Waals surface area contributed by atoms with Crippen molar-refractivity contribution in [2.45, 2.75) is 32.6 Å². The summed E-state index contributed by atoms with van der Waals surface area (Å²) >= 11 is 0. The Balaban J connectivity index is 0. The van der Waals surface area contributed by atoms with Gasteiger partial charge in [-0.05, 0) is 6.42 Å². The maximum absolute atomic E-state index is 8.25. The summed E-state index contributed by atoms with van der Waals surface area (Å²) in [5.41, 5.74) is 4.83. The van der Waals surface area contributed by atoms with Gasteiger partial charge in [0.15, 0.2) is 0 Å². The van der Waals surface area contributed by atoms with E-state index in [1.54, 1.807) is 11.1 Å². The predicted molar refractivity (Wildman–Crippen MR) is 78.7 cm³/mol. The van der Waals surface area contributed by atoms with Crippen molar-refractivity contribution < 1.29 is 37.0 Å². The van der Waals surface area contributed by atoms with Crippen LogP contribution in [0.1, 0.15) is 29.5 Å². The molecule has 0 saturated heterocycles. The fourth-order valence-electron chi connectivity index (χ4n) is 2.85. The van der Waals surface area contributed by atoms with Gasteiger partial charge < -0.3 is 15.3 Å². The molecule has 114 valence electrons. The van der Waals surface area contributed by atoms with Crippen LogP contribution in [-0.4, -0.2) is 21.3 Å². The van der Waals surface area contributed by atoms with E-state index in [0.29, 0.717) is 0 Å². The summed E-state index contributed by atoms with van der Waals surface area (Å²) in [6.07, 6.45) is 5.35. The number of aryl methyl sites for hydroxylation is 2. The molecule has 0 spiro atoms. The first-order valence-electron chi connectivity index (χ1n) is 6.76. The third-order valence-electron chi connectivity index (χ3n) is 3.58. The van der Waals surface area contributed by atoms with E-state index in [0.717, 1.165) is 21.3 Å². The maximum atomic E-state index is 8.25. The van der Waals surface area contributed by atoms with Crippen LogP contribution in [-0.2, 0) is 34.6 Å². The van der Waals surface area contributed by atoms with Gasteiger partial charge in [0.1, 0.15) is 0 Å². The molecule has 1 aliphatic rings. The average molecular weight is 324 g/mol. The topological polar surface area (TPSA) is 69.2 Å². The molecule has 0 fully saturated rings. The number of fused-ring (bicyclic) bond motifs is 3. The van der Waals surface area contributed by atoms with Gasteiger partial charge in [0.25, 0.3) is 0 Å². The van der Waals surface area contributed by atoms with E-state index in [-0.39, 0.29) is 21.7 Å². The third-order valence-corrected chi connectivity index (χ3v) is 3.58. The summed E-state index contributed by atoms with van der Waals surface area (Å²) in [6, 6.07) is 8.87. The van der Waals surface area contributed by atoms with Gasteiger partial charge >= 0.3 is 21.7 Å². The second-order valence-corrected chi connectivity index (χ2v) is 4.33. The molecule has 4 heteroatoms. The van der Waals surface area contributed by atoms with Crippen molar-refractivity contribution in [2.24, 2.45) is 0 Å². The Morgan fingerprint density at radius 2 is 1.38 bits per heavy atom. The van der Waals surface area contributed by atoms with E-state index in [4.69, 9.17) is 15.3 Å². The SMILES string of the molecule is C[O-].C[O-].C[O-].C[c-]1c2c(c3ccccc31)CCCC2.[Ti+4]. The number of benzene rings is 1. The summed E-state index contributed by atoms with van der Waals surface area (Å²) in [6.45, 7) is 2.28. The van der Waals surface area contributed by atoms with E-state index in [9.17, 15) is 0 Å². The minimum atomic E-state index is 0. The van der Waals surface area contributed by atoms with Gasteiger partial charge in [-0.3, -0.25) is 0 Å². The van der Waals surface area contributed by atoms with E-state index < -0.39 is 0 Å². The zero-order chi connectivity index (χ0) is 15.5. The van der Waals surface area contributed by atoms with E-state index >= 15 is 0 Å². The van der Waals surface area contributed by atoms with Crippen LogP contribution in [0.4, 0.5) is 0 Å². The molecule has 0 atom stereocenters.